The lowest BCUT2D eigenvalue weighted by Crippen LogP contribution is -2.50. The van der Waals surface area contributed by atoms with E-state index in [-0.39, 0.29) is 12.3 Å². The first-order valence-electron chi connectivity index (χ1n) is 7.89. The Morgan fingerprint density at radius 2 is 1.88 bits per heavy atom. The van der Waals surface area contributed by atoms with Crippen LogP contribution in [0.5, 0.6) is 0 Å². The molecule has 3 rings (SSSR count). The molecule has 9 nitrogen and oxygen atoms in total. The highest BCUT2D eigenvalue weighted by molar-refractivity contribution is 7.88. The Labute approximate surface area is 145 Å². The topological polar surface area (TPSA) is 110 Å². The van der Waals surface area contributed by atoms with Gasteiger partial charge in [-0.1, -0.05) is 5.16 Å². The fraction of sp³-hybridized carbons (Fsp3) is 0.467. The Hall–Kier alpha value is -2.33. The fourth-order valence-electron chi connectivity index (χ4n) is 2.62. The highest BCUT2D eigenvalue weighted by Gasteiger charge is 2.26. The number of piperazine rings is 1. The van der Waals surface area contributed by atoms with E-state index in [4.69, 9.17) is 4.52 Å². The molecular weight excluding hydrogens is 346 g/mol. The van der Waals surface area contributed by atoms with Gasteiger partial charge in [-0.2, -0.15) is 9.29 Å². The average molecular weight is 365 g/mol. The third kappa shape index (κ3) is 4.40. The minimum Gasteiger partial charge on any atom is -0.340 e. The number of carbonyl (C=O) groups is 1. The lowest BCUT2D eigenvalue weighted by molar-refractivity contribution is -0.132. The van der Waals surface area contributed by atoms with E-state index in [2.05, 4.69) is 15.1 Å². The molecule has 0 spiro atoms. The van der Waals surface area contributed by atoms with Gasteiger partial charge in [0.25, 0.3) is 0 Å². The number of nitrogens with zero attached hydrogens (tertiary/aromatic N) is 5. The van der Waals surface area contributed by atoms with Gasteiger partial charge in [0.05, 0.1) is 6.26 Å². The van der Waals surface area contributed by atoms with E-state index in [9.17, 15) is 13.2 Å². The van der Waals surface area contributed by atoms with Gasteiger partial charge in [0, 0.05) is 57.0 Å². The van der Waals surface area contributed by atoms with Crippen molar-refractivity contribution >= 4 is 15.9 Å². The molecule has 2 aromatic rings. The summed E-state index contributed by atoms with van der Waals surface area (Å²) in [6.45, 7) is 1.46. The summed E-state index contributed by atoms with van der Waals surface area (Å²) in [6.07, 6.45) is 5.07. The first-order valence-corrected chi connectivity index (χ1v) is 9.74. The third-order valence-electron chi connectivity index (χ3n) is 4.02. The van der Waals surface area contributed by atoms with Crippen LogP contribution in [0, 0.1) is 0 Å². The maximum Gasteiger partial charge on any atom is 0.227 e. The molecule has 2 aromatic heterocycles. The van der Waals surface area contributed by atoms with E-state index >= 15 is 0 Å². The van der Waals surface area contributed by atoms with Crippen LogP contribution in [0.3, 0.4) is 0 Å². The molecule has 1 aliphatic rings. The van der Waals surface area contributed by atoms with Crippen LogP contribution in [0.4, 0.5) is 0 Å². The second-order valence-corrected chi connectivity index (χ2v) is 7.77. The van der Waals surface area contributed by atoms with Gasteiger partial charge >= 0.3 is 0 Å². The molecule has 0 atom stereocenters. The molecule has 0 saturated carbocycles. The number of hydrogen-bond acceptors (Lipinski definition) is 7. The largest absolute Gasteiger partial charge is 0.340 e. The summed E-state index contributed by atoms with van der Waals surface area (Å²) in [7, 11) is -3.20. The van der Waals surface area contributed by atoms with Crippen molar-refractivity contribution in [2.45, 2.75) is 12.8 Å². The fourth-order valence-corrected chi connectivity index (χ4v) is 3.44. The van der Waals surface area contributed by atoms with Crippen LogP contribution in [0.15, 0.2) is 29.0 Å². The van der Waals surface area contributed by atoms with Gasteiger partial charge in [-0.3, -0.25) is 9.78 Å². The maximum atomic E-state index is 12.3. The normalized spacial score (nSPS) is 16.1. The van der Waals surface area contributed by atoms with Gasteiger partial charge < -0.3 is 9.42 Å². The molecule has 10 heteroatoms. The van der Waals surface area contributed by atoms with E-state index < -0.39 is 10.0 Å². The zero-order valence-corrected chi connectivity index (χ0v) is 14.6. The Morgan fingerprint density at radius 1 is 1.20 bits per heavy atom. The predicted octanol–water partition coefficient (Wildman–Crippen LogP) is 0.168. The molecule has 1 fully saturated rings. The summed E-state index contributed by atoms with van der Waals surface area (Å²) in [4.78, 5) is 22.1. The Balaban J connectivity index is 1.51. The van der Waals surface area contributed by atoms with Crippen molar-refractivity contribution in [2.24, 2.45) is 0 Å². The van der Waals surface area contributed by atoms with Gasteiger partial charge in [-0.15, -0.1) is 0 Å². The van der Waals surface area contributed by atoms with Crippen molar-refractivity contribution in [3.63, 3.8) is 0 Å². The molecule has 0 aromatic carbocycles. The Morgan fingerprint density at radius 3 is 2.52 bits per heavy atom. The monoisotopic (exact) mass is 365 g/mol. The molecule has 3 heterocycles. The lowest BCUT2D eigenvalue weighted by Gasteiger charge is -2.33. The van der Waals surface area contributed by atoms with Crippen LogP contribution in [-0.2, 0) is 21.2 Å². The number of pyridine rings is 1. The van der Waals surface area contributed by atoms with Gasteiger partial charge in [-0.25, -0.2) is 8.42 Å². The van der Waals surface area contributed by atoms with Crippen molar-refractivity contribution in [3.8, 4) is 11.4 Å². The van der Waals surface area contributed by atoms with Crippen molar-refractivity contribution in [1.82, 2.24) is 24.3 Å². The average Bonchev–Trinajstić information content (AvgIpc) is 3.09. The summed E-state index contributed by atoms with van der Waals surface area (Å²) in [6, 6.07) is 3.56. The smallest absolute Gasteiger partial charge is 0.227 e. The zero-order chi connectivity index (χ0) is 17.9. The molecule has 0 aliphatic carbocycles. The number of carbonyl (C=O) groups excluding carboxylic acids is 1. The van der Waals surface area contributed by atoms with Gasteiger partial charge in [0.2, 0.25) is 27.6 Å². The third-order valence-corrected chi connectivity index (χ3v) is 5.32. The van der Waals surface area contributed by atoms with Crippen LogP contribution in [0.2, 0.25) is 0 Å². The van der Waals surface area contributed by atoms with Crippen LogP contribution < -0.4 is 0 Å². The molecule has 0 bridgehead atoms. The second kappa shape index (κ2) is 7.28. The molecule has 1 aliphatic heterocycles. The summed E-state index contributed by atoms with van der Waals surface area (Å²) in [5.74, 6) is 0.818. The van der Waals surface area contributed by atoms with Gasteiger partial charge in [0.1, 0.15) is 0 Å². The molecular formula is C15H19N5O4S. The SMILES string of the molecule is CS(=O)(=O)N1CCN(C(=O)CCc2nc(-c3ccncc3)no2)CC1. The number of amides is 1. The minimum atomic E-state index is -3.20. The zero-order valence-electron chi connectivity index (χ0n) is 13.8. The summed E-state index contributed by atoms with van der Waals surface area (Å²) in [5, 5.41) is 3.90. The summed E-state index contributed by atoms with van der Waals surface area (Å²) >= 11 is 0. The molecule has 0 unspecified atom stereocenters. The van der Waals surface area contributed by atoms with Gasteiger partial charge in [0.15, 0.2) is 0 Å². The van der Waals surface area contributed by atoms with Crippen LogP contribution in [0.25, 0.3) is 11.4 Å². The predicted molar refractivity (Wildman–Crippen MR) is 88.8 cm³/mol. The van der Waals surface area contributed by atoms with E-state index in [1.165, 1.54) is 10.6 Å². The van der Waals surface area contributed by atoms with E-state index in [0.717, 1.165) is 5.56 Å². The van der Waals surface area contributed by atoms with E-state index in [0.29, 0.717) is 44.3 Å². The van der Waals surface area contributed by atoms with Crippen molar-refractivity contribution in [3.05, 3.63) is 30.4 Å². The minimum absolute atomic E-state index is 0.0446. The molecule has 1 saturated heterocycles. The van der Waals surface area contributed by atoms with Crippen molar-refractivity contribution in [1.29, 1.82) is 0 Å². The molecule has 134 valence electrons. The number of aromatic nitrogens is 3. The standard InChI is InChI=1S/C15H19N5O4S/c1-25(22,23)20-10-8-19(9-11-20)14(21)3-2-13-17-15(18-24-13)12-4-6-16-7-5-12/h4-7H,2-3,8-11H2,1H3. The number of aryl methyl sites for hydroxylation is 1. The second-order valence-electron chi connectivity index (χ2n) is 5.79. The lowest BCUT2D eigenvalue weighted by atomic mass is 10.2. The summed E-state index contributed by atoms with van der Waals surface area (Å²) < 4.78 is 29.5. The molecule has 0 radical (unpaired) electrons. The Bertz CT molecular complexity index is 829. The maximum absolute atomic E-state index is 12.3. The quantitative estimate of drug-likeness (QED) is 0.743. The highest BCUT2D eigenvalue weighted by atomic mass is 32.2. The molecule has 0 N–H and O–H groups in total. The molecule has 25 heavy (non-hydrogen) atoms. The van der Waals surface area contributed by atoms with Crippen molar-refractivity contribution < 1.29 is 17.7 Å². The summed E-state index contributed by atoms with van der Waals surface area (Å²) in [5.41, 5.74) is 0.799. The van der Waals surface area contributed by atoms with Crippen molar-refractivity contribution in [2.75, 3.05) is 32.4 Å². The van der Waals surface area contributed by atoms with E-state index in [1.54, 1.807) is 29.4 Å². The first-order chi connectivity index (χ1) is 11.9. The highest BCUT2D eigenvalue weighted by Crippen LogP contribution is 2.15. The number of sulfonamides is 1. The number of rotatable bonds is 5. The van der Waals surface area contributed by atoms with Crippen LogP contribution >= 0.6 is 0 Å². The number of hydrogen-bond donors (Lipinski definition) is 0. The first kappa shape index (κ1) is 17.5. The Kier molecular flexibility index (Phi) is 5.09. The van der Waals surface area contributed by atoms with Crippen LogP contribution in [-0.4, -0.2) is 71.1 Å². The molecule has 1 amide bonds. The van der Waals surface area contributed by atoms with Gasteiger partial charge in [-0.05, 0) is 12.1 Å². The van der Waals surface area contributed by atoms with E-state index in [1.807, 2.05) is 0 Å². The van der Waals surface area contributed by atoms with Crippen LogP contribution in [0.1, 0.15) is 12.3 Å².